The van der Waals surface area contributed by atoms with E-state index in [2.05, 4.69) is 20.4 Å². The van der Waals surface area contributed by atoms with Crippen molar-refractivity contribution in [1.82, 2.24) is 24.9 Å². The summed E-state index contributed by atoms with van der Waals surface area (Å²) in [6, 6.07) is 3.88. The van der Waals surface area contributed by atoms with E-state index in [1.807, 2.05) is 19.9 Å². The Balaban J connectivity index is 1.74. The lowest BCUT2D eigenvalue weighted by Gasteiger charge is -2.12. The van der Waals surface area contributed by atoms with E-state index in [9.17, 15) is 4.79 Å². The topological polar surface area (TPSA) is 72.2 Å². The van der Waals surface area contributed by atoms with E-state index in [0.717, 1.165) is 11.3 Å². The summed E-state index contributed by atoms with van der Waals surface area (Å²) in [5, 5.41) is 7.91. The molecule has 7 heteroatoms. The van der Waals surface area contributed by atoms with Crippen LogP contribution in [0, 0.1) is 12.8 Å². The first kappa shape index (κ1) is 16.0. The van der Waals surface area contributed by atoms with Gasteiger partial charge in [0.05, 0.1) is 16.9 Å². The fraction of sp³-hybridized carbons (Fsp3) is 0.333. The lowest BCUT2D eigenvalue weighted by Crippen LogP contribution is -2.34. The van der Waals surface area contributed by atoms with Crippen LogP contribution in [0.25, 0.3) is 16.9 Å². The van der Waals surface area contributed by atoms with Crippen LogP contribution in [-0.2, 0) is 0 Å². The van der Waals surface area contributed by atoms with Crippen molar-refractivity contribution < 1.29 is 4.79 Å². The number of aryl methyl sites for hydroxylation is 1. The first-order chi connectivity index (χ1) is 12.0. The third-order valence-electron chi connectivity index (χ3n) is 4.58. The molecule has 3 aromatic heterocycles. The number of pyridine rings is 1. The molecule has 0 aliphatic heterocycles. The van der Waals surface area contributed by atoms with Gasteiger partial charge in [0.25, 0.3) is 5.91 Å². The Morgan fingerprint density at radius 3 is 2.84 bits per heavy atom. The number of halogens is 1. The molecular weight excluding hydrogens is 338 g/mol. The van der Waals surface area contributed by atoms with Crippen molar-refractivity contribution in [3.63, 3.8) is 0 Å². The molecule has 4 rings (SSSR count). The number of hydrogen-bond acceptors (Lipinski definition) is 4. The summed E-state index contributed by atoms with van der Waals surface area (Å²) in [7, 11) is 0. The van der Waals surface area contributed by atoms with Crippen LogP contribution in [0.3, 0.4) is 0 Å². The molecule has 1 atom stereocenters. The second-order valence-electron chi connectivity index (χ2n) is 6.57. The zero-order valence-electron chi connectivity index (χ0n) is 14.0. The van der Waals surface area contributed by atoms with Crippen LogP contribution in [-0.4, -0.2) is 31.5 Å². The fourth-order valence-electron chi connectivity index (χ4n) is 2.97. The fourth-order valence-corrected chi connectivity index (χ4v) is 3.15. The molecule has 25 heavy (non-hydrogen) atoms. The summed E-state index contributed by atoms with van der Waals surface area (Å²) in [4.78, 5) is 21.4. The number of hydrogen-bond donors (Lipinski definition) is 1. The SMILES string of the molecule is Cc1cc(-c2cncc(Cl)c2)nc2c(C(=O)N[C@@H](C)C3CC3)cnn12. The Morgan fingerprint density at radius 2 is 2.12 bits per heavy atom. The maximum absolute atomic E-state index is 12.6. The molecule has 6 nitrogen and oxygen atoms in total. The first-order valence-corrected chi connectivity index (χ1v) is 8.68. The number of nitrogens with zero attached hydrogens (tertiary/aromatic N) is 4. The molecule has 3 aromatic rings. The van der Waals surface area contributed by atoms with E-state index in [0.29, 0.717) is 27.8 Å². The van der Waals surface area contributed by atoms with Crippen molar-refractivity contribution >= 4 is 23.2 Å². The van der Waals surface area contributed by atoms with Gasteiger partial charge in [-0.05, 0) is 44.7 Å². The summed E-state index contributed by atoms with van der Waals surface area (Å²) >= 11 is 6.03. The predicted molar refractivity (Wildman–Crippen MR) is 95.6 cm³/mol. The number of fused-ring (bicyclic) bond motifs is 1. The summed E-state index contributed by atoms with van der Waals surface area (Å²) in [6.07, 6.45) is 7.21. The third-order valence-corrected chi connectivity index (χ3v) is 4.79. The van der Waals surface area contributed by atoms with Gasteiger partial charge in [0.1, 0.15) is 5.56 Å². The number of rotatable bonds is 4. The standard InChI is InChI=1S/C18H18ClN5O/c1-10-5-16(13-6-14(19)8-20-7-13)23-17-15(9-21-24(10)17)18(25)22-11(2)12-3-4-12/h5-9,11-12H,3-4H2,1-2H3,(H,22,25)/t11-/m0/s1. The van der Waals surface area contributed by atoms with Crippen LogP contribution in [0.15, 0.2) is 30.7 Å². The van der Waals surface area contributed by atoms with Crippen LogP contribution < -0.4 is 5.32 Å². The van der Waals surface area contributed by atoms with Crippen molar-refractivity contribution in [3.8, 4) is 11.3 Å². The number of carbonyl (C=O) groups excluding carboxylic acids is 1. The summed E-state index contributed by atoms with van der Waals surface area (Å²) < 4.78 is 1.68. The van der Waals surface area contributed by atoms with Gasteiger partial charge in [0.15, 0.2) is 5.65 Å². The lowest BCUT2D eigenvalue weighted by molar-refractivity contribution is 0.0937. The molecule has 3 heterocycles. The van der Waals surface area contributed by atoms with Crippen molar-refractivity contribution in [2.45, 2.75) is 32.7 Å². The van der Waals surface area contributed by atoms with Crippen LogP contribution in [0.1, 0.15) is 35.8 Å². The summed E-state index contributed by atoms with van der Waals surface area (Å²) in [6.45, 7) is 3.97. The average Bonchev–Trinajstić information content (AvgIpc) is 3.34. The molecule has 0 unspecified atom stereocenters. The van der Waals surface area contributed by atoms with Gasteiger partial charge in [-0.2, -0.15) is 5.10 Å². The maximum atomic E-state index is 12.6. The van der Waals surface area contributed by atoms with Gasteiger partial charge in [-0.15, -0.1) is 0 Å². The Morgan fingerprint density at radius 1 is 1.32 bits per heavy atom. The van der Waals surface area contributed by atoms with Crippen LogP contribution in [0.5, 0.6) is 0 Å². The smallest absolute Gasteiger partial charge is 0.256 e. The summed E-state index contributed by atoms with van der Waals surface area (Å²) in [5.41, 5.74) is 3.42. The number of aromatic nitrogens is 4. The Hall–Kier alpha value is -2.47. The minimum absolute atomic E-state index is 0.136. The first-order valence-electron chi connectivity index (χ1n) is 8.30. The molecule has 0 bridgehead atoms. The van der Waals surface area contributed by atoms with Gasteiger partial charge < -0.3 is 5.32 Å². The molecule has 1 N–H and O–H groups in total. The van der Waals surface area contributed by atoms with E-state index in [1.165, 1.54) is 12.8 Å². The molecule has 1 aliphatic carbocycles. The highest BCUT2D eigenvalue weighted by Crippen LogP contribution is 2.32. The average molecular weight is 356 g/mol. The highest BCUT2D eigenvalue weighted by atomic mass is 35.5. The van der Waals surface area contributed by atoms with Gasteiger partial charge in [-0.25, -0.2) is 9.50 Å². The van der Waals surface area contributed by atoms with Gasteiger partial charge in [-0.1, -0.05) is 11.6 Å². The van der Waals surface area contributed by atoms with E-state index in [4.69, 9.17) is 11.6 Å². The van der Waals surface area contributed by atoms with E-state index >= 15 is 0 Å². The van der Waals surface area contributed by atoms with Crippen LogP contribution in [0.2, 0.25) is 5.02 Å². The molecular formula is C18H18ClN5O. The van der Waals surface area contributed by atoms with Crippen molar-refractivity contribution in [1.29, 1.82) is 0 Å². The minimum Gasteiger partial charge on any atom is -0.349 e. The molecule has 0 aromatic carbocycles. The molecule has 128 valence electrons. The second-order valence-corrected chi connectivity index (χ2v) is 7.00. The zero-order valence-corrected chi connectivity index (χ0v) is 14.8. The maximum Gasteiger partial charge on any atom is 0.256 e. The zero-order chi connectivity index (χ0) is 17.6. The predicted octanol–water partition coefficient (Wildman–Crippen LogP) is 3.28. The van der Waals surface area contributed by atoms with Crippen LogP contribution >= 0.6 is 11.6 Å². The van der Waals surface area contributed by atoms with E-state index in [1.54, 1.807) is 29.2 Å². The Bertz CT molecular complexity index is 963. The number of carbonyl (C=O) groups is 1. The molecule has 1 fully saturated rings. The molecule has 0 radical (unpaired) electrons. The Kier molecular flexibility index (Phi) is 3.92. The quantitative estimate of drug-likeness (QED) is 0.779. The molecule has 1 saturated carbocycles. The highest BCUT2D eigenvalue weighted by molar-refractivity contribution is 6.30. The van der Waals surface area contributed by atoms with Crippen molar-refractivity contribution in [2.24, 2.45) is 5.92 Å². The van der Waals surface area contributed by atoms with Crippen molar-refractivity contribution in [3.05, 3.63) is 47.0 Å². The number of amides is 1. The van der Waals surface area contributed by atoms with Crippen LogP contribution in [0.4, 0.5) is 0 Å². The third kappa shape index (κ3) is 3.09. The van der Waals surface area contributed by atoms with Gasteiger partial charge >= 0.3 is 0 Å². The second kappa shape index (κ2) is 6.11. The molecule has 1 amide bonds. The Labute approximate surface area is 150 Å². The monoisotopic (exact) mass is 355 g/mol. The molecule has 0 saturated heterocycles. The van der Waals surface area contributed by atoms with Gasteiger partial charge in [0, 0.05) is 29.7 Å². The number of nitrogens with one attached hydrogen (secondary N) is 1. The highest BCUT2D eigenvalue weighted by Gasteiger charge is 2.29. The summed E-state index contributed by atoms with van der Waals surface area (Å²) in [5.74, 6) is 0.455. The largest absolute Gasteiger partial charge is 0.349 e. The van der Waals surface area contributed by atoms with E-state index < -0.39 is 0 Å². The minimum atomic E-state index is -0.136. The van der Waals surface area contributed by atoms with E-state index in [-0.39, 0.29) is 11.9 Å². The molecule has 1 aliphatic rings. The molecule has 0 spiro atoms. The lowest BCUT2D eigenvalue weighted by atomic mass is 10.1. The van der Waals surface area contributed by atoms with Gasteiger partial charge in [0.2, 0.25) is 0 Å². The van der Waals surface area contributed by atoms with Crippen molar-refractivity contribution in [2.75, 3.05) is 0 Å². The normalized spacial score (nSPS) is 15.3. The van der Waals surface area contributed by atoms with Gasteiger partial charge in [-0.3, -0.25) is 9.78 Å².